The number of nitrogens with zero attached hydrogens (tertiary/aromatic N) is 1. The highest BCUT2D eigenvalue weighted by molar-refractivity contribution is 5.31. The molecule has 1 saturated carbocycles. The van der Waals surface area contributed by atoms with Crippen LogP contribution >= 0.6 is 0 Å². The molecule has 0 bridgehead atoms. The second kappa shape index (κ2) is 5.38. The Morgan fingerprint density at radius 1 is 1.15 bits per heavy atom. The summed E-state index contributed by atoms with van der Waals surface area (Å²) in [5.41, 5.74) is 7.74. The fourth-order valence-electron chi connectivity index (χ4n) is 3.03. The van der Waals surface area contributed by atoms with Crippen molar-refractivity contribution in [2.24, 2.45) is 5.73 Å². The first-order valence-electron chi connectivity index (χ1n) is 7.84. The molecule has 1 saturated heterocycles. The number of benzene rings is 1. The van der Waals surface area contributed by atoms with Crippen LogP contribution in [0.3, 0.4) is 0 Å². The molecule has 1 heterocycles. The maximum Gasteiger partial charge on any atom is 0.119 e. The molecule has 20 heavy (non-hydrogen) atoms. The lowest BCUT2D eigenvalue weighted by atomic mass is 9.88. The maximum atomic E-state index is 6.53. The van der Waals surface area contributed by atoms with Crippen LogP contribution in [-0.2, 0) is 0 Å². The minimum absolute atomic E-state index is 0.00929. The maximum absolute atomic E-state index is 6.53. The van der Waals surface area contributed by atoms with Gasteiger partial charge in [-0.05, 0) is 70.3 Å². The molecule has 2 N–H and O–H groups in total. The molecular formula is C17H26N2O. The molecule has 1 unspecified atom stereocenters. The van der Waals surface area contributed by atoms with Gasteiger partial charge in [-0.15, -0.1) is 0 Å². The van der Waals surface area contributed by atoms with Crippen molar-refractivity contribution in [3.8, 4) is 5.75 Å². The van der Waals surface area contributed by atoms with E-state index in [4.69, 9.17) is 10.5 Å². The van der Waals surface area contributed by atoms with Gasteiger partial charge >= 0.3 is 0 Å². The van der Waals surface area contributed by atoms with Gasteiger partial charge in [-0.1, -0.05) is 12.1 Å². The van der Waals surface area contributed by atoms with E-state index < -0.39 is 0 Å². The number of hydrogen-bond donors (Lipinski definition) is 1. The number of ether oxygens (including phenoxy) is 1. The molecular weight excluding hydrogens is 248 g/mol. The van der Waals surface area contributed by atoms with Crippen molar-refractivity contribution in [1.29, 1.82) is 0 Å². The zero-order valence-corrected chi connectivity index (χ0v) is 12.6. The molecule has 0 radical (unpaired) electrons. The Labute approximate surface area is 122 Å². The van der Waals surface area contributed by atoms with Gasteiger partial charge in [0.1, 0.15) is 5.75 Å². The predicted molar refractivity (Wildman–Crippen MR) is 81.9 cm³/mol. The molecule has 2 fully saturated rings. The fourth-order valence-corrected chi connectivity index (χ4v) is 3.03. The van der Waals surface area contributed by atoms with Gasteiger partial charge in [-0.2, -0.15) is 0 Å². The molecule has 1 aliphatic heterocycles. The van der Waals surface area contributed by atoms with Gasteiger partial charge in [-0.25, -0.2) is 0 Å². The van der Waals surface area contributed by atoms with E-state index >= 15 is 0 Å². The lowest BCUT2D eigenvalue weighted by Crippen LogP contribution is -2.49. The number of hydrogen-bond acceptors (Lipinski definition) is 3. The van der Waals surface area contributed by atoms with Crippen LogP contribution in [0, 0.1) is 0 Å². The molecule has 0 spiro atoms. The van der Waals surface area contributed by atoms with Gasteiger partial charge in [0.25, 0.3) is 0 Å². The van der Waals surface area contributed by atoms with Gasteiger partial charge in [-0.3, -0.25) is 4.90 Å². The summed E-state index contributed by atoms with van der Waals surface area (Å²) in [6.07, 6.45) is 5.44. The van der Waals surface area contributed by atoms with Crippen molar-refractivity contribution in [1.82, 2.24) is 4.90 Å². The molecule has 1 aromatic rings. The quantitative estimate of drug-likeness (QED) is 0.896. The highest BCUT2D eigenvalue weighted by atomic mass is 16.5. The van der Waals surface area contributed by atoms with Crippen molar-refractivity contribution in [3.05, 3.63) is 29.8 Å². The molecule has 2 aliphatic rings. The van der Waals surface area contributed by atoms with E-state index in [9.17, 15) is 0 Å². The van der Waals surface area contributed by atoms with Crippen LogP contribution < -0.4 is 10.5 Å². The predicted octanol–water partition coefficient (Wildman–Crippen LogP) is 3.10. The van der Waals surface area contributed by atoms with Crippen molar-refractivity contribution >= 4 is 0 Å². The monoisotopic (exact) mass is 274 g/mol. The minimum Gasteiger partial charge on any atom is -0.490 e. The largest absolute Gasteiger partial charge is 0.490 e. The van der Waals surface area contributed by atoms with E-state index in [1.54, 1.807) is 0 Å². The van der Waals surface area contributed by atoms with Crippen molar-refractivity contribution in [2.45, 2.75) is 57.2 Å². The van der Waals surface area contributed by atoms with Gasteiger partial charge in [0.2, 0.25) is 0 Å². The molecule has 1 aliphatic carbocycles. The molecule has 3 nitrogen and oxygen atoms in total. The van der Waals surface area contributed by atoms with E-state index in [1.807, 2.05) is 0 Å². The molecule has 3 rings (SSSR count). The average molecular weight is 274 g/mol. The van der Waals surface area contributed by atoms with Gasteiger partial charge < -0.3 is 10.5 Å². The van der Waals surface area contributed by atoms with Gasteiger partial charge in [0.05, 0.1) is 6.10 Å². The van der Waals surface area contributed by atoms with Crippen LogP contribution in [-0.4, -0.2) is 29.6 Å². The summed E-state index contributed by atoms with van der Waals surface area (Å²) in [5, 5.41) is 0. The first-order chi connectivity index (χ1) is 9.57. The fraction of sp³-hybridized carbons (Fsp3) is 0.647. The van der Waals surface area contributed by atoms with E-state index in [-0.39, 0.29) is 11.6 Å². The molecule has 3 heteroatoms. The Morgan fingerprint density at radius 2 is 1.75 bits per heavy atom. The highest BCUT2D eigenvalue weighted by Gasteiger charge is 2.35. The van der Waals surface area contributed by atoms with E-state index in [2.05, 4.69) is 43.0 Å². The van der Waals surface area contributed by atoms with Crippen molar-refractivity contribution in [2.75, 3.05) is 13.1 Å². The molecule has 0 amide bonds. The van der Waals surface area contributed by atoms with Crippen LogP contribution in [0.25, 0.3) is 0 Å². The van der Waals surface area contributed by atoms with Crippen LogP contribution in [0.2, 0.25) is 0 Å². The smallest absolute Gasteiger partial charge is 0.119 e. The number of nitrogens with two attached hydrogens (primary N) is 1. The normalized spacial score (nSPS) is 21.9. The Bertz CT molecular complexity index is 445. The van der Waals surface area contributed by atoms with Crippen molar-refractivity contribution in [3.63, 3.8) is 0 Å². The summed E-state index contributed by atoms with van der Waals surface area (Å²) in [4.78, 5) is 2.52. The first kappa shape index (κ1) is 13.9. The Morgan fingerprint density at radius 3 is 2.30 bits per heavy atom. The average Bonchev–Trinajstić information content (AvgIpc) is 3.08. The van der Waals surface area contributed by atoms with E-state index in [0.29, 0.717) is 6.10 Å². The Balaban J connectivity index is 1.69. The SMILES string of the molecule is CC(C)(C(N)c1ccc(OC2CC2)cc1)N1CCCC1. The van der Waals surface area contributed by atoms with Gasteiger partial charge in [0, 0.05) is 11.6 Å². The second-order valence-electron chi connectivity index (χ2n) is 6.71. The summed E-state index contributed by atoms with van der Waals surface area (Å²) in [6, 6.07) is 8.41. The summed E-state index contributed by atoms with van der Waals surface area (Å²) in [5.74, 6) is 0.974. The highest BCUT2D eigenvalue weighted by Crippen LogP contribution is 2.33. The zero-order valence-electron chi connectivity index (χ0n) is 12.6. The molecule has 0 aromatic heterocycles. The lowest BCUT2D eigenvalue weighted by Gasteiger charge is -2.40. The third-order valence-corrected chi connectivity index (χ3v) is 4.75. The lowest BCUT2D eigenvalue weighted by molar-refractivity contribution is 0.124. The molecule has 1 atom stereocenters. The molecule has 1 aromatic carbocycles. The third kappa shape index (κ3) is 2.84. The second-order valence-corrected chi connectivity index (χ2v) is 6.71. The Hall–Kier alpha value is -1.06. The first-order valence-corrected chi connectivity index (χ1v) is 7.84. The minimum atomic E-state index is 0.00929. The summed E-state index contributed by atoms with van der Waals surface area (Å²) in [6.45, 7) is 6.86. The van der Waals surface area contributed by atoms with Gasteiger partial charge in [0.15, 0.2) is 0 Å². The standard InChI is InChI=1S/C17H26N2O/c1-17(2,19-11-3-4-12-19)16(18)13-5-7-14(8-6-13)20-15-9-10-15/h5-8,15-16H,3-4,9-12,18H2,1-2H3. The third-order valence-electron chi connectivity index (χ3n) is 4.75. The topological polar surface area (TPSA) is 38.5 Å². The van der Waals surface area contributed by atoms with E-state index in [1.165, 1.54) is 44.3 Å². The number of rotatable bonds is 5. The number of likely N-dealkylation sites (tertiary alicyclic amines) is 1. The Kier molecular flexibility index (Phi) is 3.74. The van der Waals surface area contributed by atoms with Crippen LogP contribution in [0.1, 0.15) is 51.1 Å². The molecule has 110 valence electrons. The van der Waals surface area contributed by atoms with Crippen molar-refractivity contribution < 1.29 is 4.74 Å². The summed E-state index contributed by atoms with van der Waals surface area (Å²) >= 11 is 0. The summed E-state index contributed by atoms with van der Waals surface area (Å²) in [7, 11) is 0. The van der Waals surface area contributed by atoms with Crippen LogP contribution in [0.4, 0.5) is 0 Å². The van der Waals surface area contributed by atoms with E-state index in [0.717, 1.165) is 5.75 Å². The van der Waals surface area contributed by atoms with Crippen LogP contribution in [0.5, 0.6) is 5.75 Å². The zero-order chi connectivity index (χ0) is 14.2. The van der Waals surface area contributed by atoms with Crippen LogP contribution in [0.15, 0.2) is 24.3 Å². The summed E-state index contributed by atoms with van der Waals surface area (Å²) < 4.78 is 5.79.